The summed E-state index contributed by atoms with van der Waals surface area (Å²) in [6, 6.07) is 3.16. The fourth-order valence-electron chi connectivity index (χ4n) is 0.963. The zero-order valence-corrected chi connectivity index (χ0v) is 8.01. The fraction of sp³-hybridized carbons (Fsp3) is 0.400. The average Bonchev–Trinajstić information content (AvgIpc) is 2.26. The second-order valence-corrected chi connectivity index (χ2v) is 2.85. The van der Waals surface area contributed by atoms with Gasteiger partial charge in [-0.15, -0.1) is 0 Å². The molecule has 0 spiro atoms. The minimum Gasteiger partial charge on any atom is -0.464 e. The van der Waals surface area contributed by atoms with E-state index in [-0.39, 0.29) is 0 Å². The molecular formula is C10H13NO3. The van der Waals surface area contributed by atoms with Crippen molar-refractivity contribution in [2.45, 2.75) is 19.4 Å². The van der Waals surface area contributed by atoms with Crippen molar-refractivity contribution in [2.75, 3.05) is 6.61 Å². The van der Waals surface area contributed by atoms with Crippen molar-refractivity contribution in [3.05, 3.63) is 30.1 Å². The van der Waals surface area contributed by atoms with E-state index >= 15 is 0 Å². The Morgan fingerprint density at radius 3 is 2.79 bits per heavy atom. The van der Waals surface area contributed by atoms with Crippen molar-refractivity contribution in [3.8, 4) is 0 Å². The van der Waals surface area contributed by atoms with Crippen LogP contribution < -0.4 is 0 Å². The molecule has 0 bridgehead atoms. The molecule has 0 amide bonds. The molecule has 1 atom stereocenters. The van der Waals surface area contributed by atoms with Crippen molar-refractivity contribution in [3.63, 3.8) is 0 Å². The molecule has 0 aliphatic carbocycles. The highest BCUT2D eigenvalue weighted by Crippen LogP contribution is 2.12. The molecule has 1 N–H and O–H groups in total. The van der Waals surface area contributed by atoms with Gasteiger partial charge in [-0.25, -0.2) is 4.79 Å². The predicted molar refractivity (Wildman–Crippen MR) is 50.4 cm³/mol. The van der Waals surface area contributed by atoms with Gasteiger partial charge in [0, 0.05) is 12.4 Å². The summed E-state index contributed by atoms with van der Waals surface area (Å²) < 4.78 is 4.80. The van der Waals surface area contributed by atoms with Crippen LogP contribution >= 0.6 is 0 Å². The number of esters is 1. The maximum Gasteiger partial charge on any atom is 0.339 e. The van der Waals surface area contributed by atoms with E-state index in [1.807, 2.05) is 6.92 Å². The lowest BCUT2D eigenvalue weighted by Crippen LogP contribution is -2.15. The highest BCUT2D eigenvalue weighted by atomic mass is 16.5. The Kier molecular flexibility index (Phi) is 4.07. The van der Waals surface area contributed by atoms with E-state index in [0.717, 1.165) is 6.42 Å². The maximum absolute atomic E-state index is 11.2. The van der Waals surface area contributed by atoms with Gasteiger partial charge in [0.1, 0.15) is 0 Å². The number of ether oxygens (including phenoxy) is 1. The Morgan fingerprint density at radius 1 is 1.57 bits per heavy atom. The number of hydrogen-bond acceptors (Lipinski definition) is 4. The van der Waals surface area contributed by atoms with Gasteiger partial charge in [-0.1, -0.05) is 6.92 Å². The topological polar surface area (TPSA) is 59.4 Å². The minimum atomic E-state index is -1.20. The number of aliphatic hydroxyl groups is 1. The summed E-state index contributed by atoms with van der Waals surface area (Å²) in [7, 11) is 0. The van der Waals surface area contributed by atoms with Crippen molar-refractivity contribution >= 4 is 5.97 Å². The number of hydrogen-bond donors (Lipinski definition) is 1. The number of carbonyl (C=O) groups excluding carboxylic acids is 1. The highest BCUT2D eigenvalue weighted by Gasteiger charge is 2.17. The Morgan fingerprint density at radius 2 is 2.21 bits per heavy atom. The van der Waals surface area contributed by atoms with Crippen LogP contribution in [0.1, 0.15) is 25.0 Å². The number of aliphatic hydroxyl groups excluding tert-OH is 1. The zero-order chi connectivity index (χ0) is 10.4. The van der Waals surface area contributed by atoms with Crippen molar-refractivity contribution in [1.29, 1.82) is 0 Å². The lowest BCUT2D eigenvalue weighted by molar-refractivity contribution is -0.153. The molecule has 4 heteroatoms. The smallest absolute Gasteiger partial charge is 0.339 e. The van der Waals surface area contributed by atoms with Crippen LogP contribution in [0.25, 0.3) is 0 Å². The molecular weight excluding hydrogens is 182 g/mol. The molecule has 0 aliphatic heterocycles. The molecule has 76 valence electrons. The Labute approximate surface area is 82.5 Å². The first-order valence-corrected chi connectivity index (χ1v) is 4.50. The highest BCUT2D eigenvalue weighted by molar-refractivity contribution is 5.76. The molecule has 1 rings (SSSR count). The molecule has 1 heterocycles. The van der Waals surface area contributed by atoms with Crippen molar-refractivity contribution in [2.24, 2.45) is 0 Å². The predicted octanol–water partition coefficient (Wildman–Crippen LogP) is 1.07. The third-order valence-corrected chi connectivity index (χ3v) is 1.69. The van der Waals surface area contributed by atoms with Gasteiger partial charge < -0.3 is 9.84 Å². The molecule has 0 saturated carbocycles. The van der Waals surface area contributed by atoms with E-state index < -0.39 is 12.1 Å². The lowest BCUT2D eigenvalue weighted by Gasteiger charge is -2.09. The molecule has 0 fully saturated rings. The van der Waals surface area contributed by atoms with Gasteiger partial charge in [0.15, 0.2) is 6.10 Å². The van der Waals surface area contributed by atoms with Crippen LogP contribution in [0, 0.1) is 0 Å². The largest absolute Gasteiger partial charge is 0.464 e. The van der Waals surface area contributed by atoms with Crippen LogP contribution in [0.15, 0.2) is 24.5 Å². The van der Waals surface area contributed by atoms with E-state index in [2.05, 4.69) is 4.98 Å². The van der Waals surface area contributed by atoms with Gasteiger partial charge in [-0.3, -0.25) is 4.98 Å². The molecule has 0 aromatic carbocycles. The molecule has 1 aromatic rings. The first kappa shape index (κ1) is 10.7. The van der Waals surface area contributed by atoms with Crippen LogP contribution in [0.2, 0.25) is 0 Å². The fourth-order valence-corrected chi connectivity index (χ4v) is 0.963. The third-order valence-electron chi connectivity index (χ3n) is 1.69. The van der Waals surface area contributed by atoms with E-state index in [4.69, 9.17) is 4.74 Å². The molecule has 1 aromatic heterocycles. The Balaban J connectivity index is 2.57. The van der Waals surface area contributed by atoms with Crippen LogP contribution in [0.4, 0.5) is 0 Å². The normalized spacial score (nSPS) is 12.1. The van der Waals surface area contributed by atoms with E-state index in [1.165, 1.54) is 12.4 Å². The summed E-state index contributed by atoms with van der Waals surface area (Å²) in [4.78, 5) is 15.0. The standard InChI is InChI=1S/C10H13NO3/c1-2-7-14-10(13)9(12)8-3-5-11-6-4-8/h3-6,9,12H,2,7H2,1H3. The number of carbonyl (C=O) groups is 1. The second-order valence-electron chi connectivity index (χ2n) is 2.85. The quantitative estimate of drug-likeness (QED) is 0.730. The maximum atomic E-state index is 11.2. The summed E-state index contributed by atoms with van der Waals surface area (Å²) in [6.45, 7) is 2.23. The molecule has 0 aliphatic rings. The van der Waals surface area contributed by atoms with Gasteiger partial charge in [-0.05, 0) is 24.1 Å². The van der Waals surface area contributed by atoms with Crippen molar-refractivity contribution < 1.29 is 14.6 Å². The first-order chi connectivity index (χ1) is 6.75. The summed E-state index contributed by atoms with van der Waals surface area (Å²) in [6.07, 6.45) is 2.58. The number of rotatable bonds is 4. The average molecular weight is 195 g/mol. The van der Waals surface area contributed by atoms with E-state index in [9.17, 15) is 9.90 Å². The van der Waals surface area contributed by atoms with Gasteiger partial charge in [0.2, 0.25) is 0 Å². The molecule has 4 nitrogen and oxygen atoms in total. The van der Waals surface area contributed by atoms with Crippen LogP contribution in [0.3, 0.4) is 0 Å². The number of pyridine rings is 1. The first-order valence-electron chi connectivity index (χ1n) is 4.50. The Bertz CT molecular complexity index is 287. The van der Waals surface area contributed by atoms with Gasteiger partial charge in [0.25, 0.3) is 0 Å². The summed E-state index contributed by atoms with van der Waals surface area (Å²) >= 11 is 0. The molecule has 0 saturated heterocycles. The van der Waals surface area contributed by atoms with Crippen molar-refractivity contribution in [1.82, 2.24) is 4.98 Å². The lowest BCUT2D eigenvalue weighted by atomic mass is 10.1. The van der Waals surface area contributed by atoms with Gasteiger partial charge in [-0.2, -0.15) is 0 Å². The number of nitrogens with zero attached hydrogens (tertiary/aromatic N) is 1. The monoisotopic (exact) mass is 195 g/mol. The zero-order valence-electron chi connectivity index (χ0n) is 8.01. The molecule has 14 heavy (non-hydrogen) atoms. The molecule has 1 unspecified atom stereocenters. The summed E-state index contributed by atoms with van der Waals surface area (Å²) in [5.74, 6) is -0.613. The SMILES string of the molecule is CCCOC(=O)C(O)c1ccncc1. The summed E-state index contributed by atoms with van der Waals surface area (Å²) in [5.41, 5.74) is 0.501. The van der Waals surface area contributed by atoms with E-state index in [1.54, 1.807) is 12.1 Å². The molecule has 0 radical (unpaired) electrons. The van der Waals surface area contributed by atoms with E-state index in [0.29, 0.717) is 12.2 Å². The van der Waals surface area contributed by atoms with Gasteiger partial charge in [0.05, 0.1) is 6.61 Å². The Hall–Kier alpha value is -1.42. The number of aromatic nitrogens is 1. The van der Waals surface area contributed by atoms with Crippen LogP contribution in [0.5, 0.6) is 0 Å². The minimum absolute atomic E-state index is 0.334. The summed E-state index contributed by atoms with van der Waals surface area (Å²) in [5, 5.41) is 9.51. The van der Waals surface area contributed by atoms with Crippen LogP contribution in [-0.4, -0.2) is 22.7 Å². The van der Waals surface area contributed by atoms with Crippen LogP contribution in [-0.2, 0) is 9.53 Å². The van der Waals surface area contributed by atoms with Gasteiger partial charge >= 0.3 is 5.97 Å². The second kappa shape index (κ2) is 5.34. The third kappa shape index (κ3) is 2.81.